The molecular weight excluding hydrogens is 328 g/mol. The Bertz CT molecular complexity index is 499. The highest BCUT2D eigenvalue weighted by Crippen LogP contribution is 2.31. The summed E-state index contributed by atoms with van der Waals surface area (Å²) in [6, 6.07) is 7.81. The number of hydrogen-bond acceptors (Lipinski definition) is 4. The molecule has 6 heteroatoms. The van der Waals surface area contributed by atoms with Crippen molar-refractivity contribution in [1.82, 2.24) is 0 Å². The Labute approximate surface area is 150 Å². The normalized spacial score (nSPS) is 19.8. The Balaban J connectivity index is 0.00000288. The number of carbonyl (C=O) groups is 1. The number of halogens is 1. The zero-order valence-electron chi connectivity index (χ0n) is 14.3. The van der Waals surface area contributed by atoms with Crippen LogP contribution in [0.1, 0.15) is 31.7 Å². The maximum absolute atomic E-state index is 12.4. The molecule has 0 spiro atoms. The van der Waals surface area contributed by atoms with Gasteiger partial charge in [0.15, 0.2) is 0 Å². The second kappa shape index (κ2) is 11.4. The first kappa shape index (κ1) is 20.9. The van der Waals surface area contributed by atoms with Gasteiger partial charge in [0.05, 0.1) is 19.8 Å². The molecule has 1 aromatic carbocycles. The molecule has 1 aliphatic carbocycles. The Morgan fingerprint density at radius 1 is 1.29 bits per heavy atom. The van der Waals surface area contributed by atoms with E-state index in [9.17, 15) is 4.79 Å². The third-order valence-corrected chi connectivity index (χ3v) is 4.34. The predicted octanol–water partition coefficient (Wildman–Crippen LogP) is 2.98. The number of ether oxygens (including phenoxy) is 2. The first-order chi connectivity index (χ1) is 11.2. The average Bonchev–Trinajstić information content (AvgIpc) is 3.04. The molecule has 0 radical (unpaired) electrons. The average molecular weight is 357 g/mol. The summed E-state index contributed by atoms with van der Waals surface area (Å²) in [6.45, 7) is 4.96. The number of hydrogen-bond donors (Lipinski definition) is 2. The summed E-state index contributed by atoms with van der Waals surface area (Å²) in [7, 11) is 0. The van der Waals surface area contributed by atoms with Crippen LogP contribution in [0.4, 0.5) is 5.69 Å². The fraction of sp³-hybridized carbons (Fsp3) is 0.611. The Morgan fingerprint density at radius 3 is 2.83 bits per heavy atom. The predicted molar refractivity (Wildman–Crippen MR) is 98.4 cm³/mol. The van der Waals surface area contributed by atoms with Crippen molar-refractivity contribution in [2.75, 3.05) is 31.7 Å². The molecule has 0 bridgehead atoms. The lowest BCUT2D eigenvalue weighted by Gasteiger charge is -2.17. The molecule has 5 nitrogen and oxygen atoms in total. The van der Waals surface area contributed by atoms with Gasteiger partial charge < -0.3 is 20.5 Å². The Kier molecular flexibility index (Phi) is 9.95. The molecule has 136 valence electrons. The van der Waals surface area contributed by atoms with Crippen molar-refractivity contribution in [2.45, 2.75) is 32.8 Å². The molecular formula is C18H29ClN2O3. The summed E-state index contributed by atoms with van der Waals surface area (Å²) >= 11 is 0. The number of benzene rings is 1. The van der Waals surface area contributed by atoms with E-state index in [0.29, 0.717) is 38.9 Å². The second-order valence-corrected chi connectivity index (χ2v) is 5.97. The van der Waals surface area contributed by atoms with E-state index in [4.69, 9.17) is 15.2 Å². The fourth-order valence-corrected chi connectivity index (χ4v) is 3.09. The summed E-state index contributed by atoms with van der Waals surface area (Å²) in [4.78, 5) is 12.4. The van der Waals surface area contributed by atoms with Crippen molar-refractivity contribution in [2.24, 2.45) is 17.6 Å². The van der Waals surface area contributed by atoms with E-state index in [-0.39, 0.29) is 24.2 Å². The molecule has 0 saturated heterocycles. The first-order valence-electron chi connectivity index (χ1n) is 8.50. The van der Waals surface area contributed by atoms with Gasteiger partial charge in [-0.3, -0.25) is 4.79 Å². The molecule has 0 heterocycles. The van der Waals surface area contributed by atoms with E-state index in [2.05, 4.69) is 5.32 Å². The van der Waals surface area contributed by atoms with Crippen LogP contribution in [0.3, 0.4) is 0 Å². The van der Waals surface area contributed by atoms with Crippen LogP contribution in [0.25, 0.3) is 0 Å². The molecule has 1 aromatic rings. The molecule has 3 N–H and O–H groups in total. The van der Waals surface area contributed by atoms with Crippen LogP contribution in [0.5, 0.6) is 0 Å². The number of nitrogens with two attached hydrogens (primary N) is 1. The Morgan fingerprint density at radius 2 is 2.08 bits per heavy atom. The number of carbonyl (C=O) groups excluding carboxylic acids is 1. The number of nitrogens with one attached hydrogen (secondary N) is 1. The van der Waals surface area contributed by atoms with E-state index in [1.807, 2.05) is 31.2 Å². The second-order valence-electron chi connectivity index (χ2n) is 5.97. The van der Waals surface area contributed by atoms with Crippen molar-refractivity contribution < 1.29 is 14.3 Å². The quantitative estimate of drug-likeness (QED) is 0.667. The molecule has 1 saturated carbocycles. The summed E-state index contributed by atoms with van der Waals surface area (Å²) in [5.74, 6) is 0.457. The molecule has 1 aliphatic rings. The zero-order valence-corrected chi connectivity index (χ0v) is 15.1. The molecule has 0 aliphatic heterocycles. The van der Waals surface area contributed by atoms with Gasteiger partial charge in [-0.15, -0.1) is 12.4 Å². The smallest absolute Gasteiger partial charge is 0.227 e. The number of amides is 1. The topological polar surface area (TPSA) is 73.6 Å². The standard InChI is InChI=1S/C18H28N2O3.ClH/c1-2-22-9-10-23-13-14-5-3-7-16(11-14)20-18(21)17-8-4-6-15(17)12-19;/h3,5,7,11,15,17H,2,4,6,8-10,12-13,19H2,1H3,(H,20,21);1H/t15-,17-;/m1./s1. The van der Waals surface area contributed by atoms with Crippen LogP contribution in [-0.4, -0.2) is 32.3 Å². The van der Waals surface area contributed by atoms with Crippen LogP contribution < -0.4 is 11.1 Å². The number of anilines is 1. The van der Waals surface area contributed by atoms with Crippen molar-refractivity contribution in [1.29, 1.82) is 0 Å². The monoisotopic (exact) mass is 356 g/mol. The molecule has 0 unspecified atom stereocenters. The van der Waals surface area contributed by atoms with E-state index < -0.39 is 0 Å². The summed E-state index contributed by atoms with van der Waals surface area (Å²) in [5.41, 5.74) is 7.63. The van der Waals surface area contributed by atoms with E-state index in [1.54, 1.807) is 0 Å². The van der Waals surface area contributed by atoms with Gasteiger partial charge in [-0.05, 0) is 49.9 Å². The lowest BCUT2D eigenvalue weighted by molar-refractivity contribution is -0.120. The maximum atomic E-state index is 12.4. The van der Waals surface area contributed by atoms with Crippen LogP contribution >= 0.6 is 12.4 Å². The molecule has 1 amide bonds. The van der Waals surface area contributed by atoms with Crippen molar-refractivity contribution >= 4 is 24.0 Å². The lowest BCUT2D eigenvalue weighted by atomic mass is 9.95. The highest BCUT2D eigenvalue weighted by molar-refractivity contribution is 5.93. The van der Waals surface area contributed by atoms with Crippen LogP contribution in [0.15, 0.2) is 24.3 Å². The first-order valence-corrected chi connectivity index (χ1v) is 8.50. The molecule has 2 rings (SSSR count). The van der Waals surface area contributed by atoms with Gasteiger partial charge in [0.1, 0.15) is 0 Å². The third-order valence-electron chi connectivity index (χ3n) is 4.34. The van der Waals surface area contributed by atoms with Crippen molar-refractivity contribution in [3.63, 3.8) is 0 Å². The minimum Gasteiger partial charge on any atom is -0.379 e. The minimum absolute atomic E-state index is 0. The van der Waals surface area contributed by atoms with Crippen molar-refractivity contribution in [3.8, 4) is 0 Å². The van der Waals surface area contributed by atoms with E-state index >= 15 is 0 Å². The van der Waals surface area contributed by atoms with E-state index in [1.165, 1.54) is 0 Å². The van der Waals surface area contributed by atoms with Crippen LogP contribution in [-0.2, 0) is 20.9 Å². The highest BCUT2D eigenvalue weighted by atomic mass is 35.5. The maximum Gasteiger partial charge on any atom is 0.227 e. The summed E-state index contributed by atoms with van der Waals surface area (Å²) in [6.07, 6.45) is 3.09. The van der Waals surface area contributed by atoms with Gasteiger partial charge in [-0.25, -0.2) is 0 Å². The van der Waals surface area contributed by atoms with Gasteiger partial charge in [-0.2, -0.15) is 0 Å². The van der Waals surface area contributed by atoms with E-state index in [0.717, 1.165) is 30.5 Å². The molecule has 0 aromatic heterocycles. The zero-order chi connectivity index (χ0) is 16.5. The molecule has 2 atom stereocenters. The largest absolute Gasteiger partial charge is 0.379 e. The van der Waals surface area contributed by atoms with Gasteiger partial charge in [0, 0.05) is 18.2 Å². The van der Waals surface area contributed by atoms with Gasteiger partial charge in [-0.1, -0.05) is 18.6 Å². The third kappa shape index (κ3) is 6.40. The SMILES string of the molecule is CCOCCOCc1cccc(NC(=O)[C@@H]2CCC[C@@H]2CN)c1.Cl. The molecule has 1 fully saturated rings. The van der Waals surface area contributed by atoms with Crippen LogP contribution in [0, 0.1) is 11.8 Å². The van der Waals surface area contributed by atoms with Gasteiger partial charge >= 0.3 is 0 Å². The summed E-state index contributed by atoms with van der Waals surface area (Å²) in [5, 5.41) is 3.02. The van der Waals surface area contributed by atoms with Gasteiger partial charge in [0.2, 0.25) is 5.91 Å². The Hall–Kier alpha value is -1.14. The lowest BCUT2D eigenvalue weighted by Crippen LogP contribution is -2.29. The summed E-state index contributed by atoms with van der Waals surface area (Å²) < 4.78 is 10.8. The molecule has 24 heavy (non-hydrogen) atoms. The van der Waals surface area contributed by atoms with Crippen molar-refractivity contribution in [3.05, 3.63) is 29.8 Å². The van der Waals surface area contributed by atoms with Gasteiger partial charge in [0.25, 0.3) is 0 Å². The number of rotatable bonds is 9. The minimum atomic E-state index is 0. The van der Waals surface area contributed by atoms with Crippen LogP contribution in [0.2, 0.25) is 0 Å². The fourth-order valence-electron chi connectivity index (χ4n) is 3.09. The highest BCUT2D eigenvalue weighted by Gasteiger charge is 2.31.